The molecule has 0 unspecified atom stereocenters. The summed E-state index contributed by atoms with van der Waals surface area (Å²) in [6.45, 7) is 2.04. The summed E-state index contributed by atoms with van der Waals surface area (Å²) in [4.78, 5) is 22.3. The fourth-order valence-electron chi connectivity index (χ4n) is 2.00. The summed E-state index contributed by atoms with van der Waals surface area (Å²) in [5, 5.41) is 1.13. The Labute approximate surface area is 104 Å². The number of benzene rings is 1. The van der Waals surface area contributed by atoms with Crippen LogP contribution in [0.15, 0.2) is 36.5 Å². The number of para-hydroxylation sites is 1. The van der Waals surface area contributed by atoms with Crippen LogP contribution in [0.25, 0.3) is 22.4 Å². The SMILES string of the molecule is Cc1cc(-c2ncc(C=O)[nH]2)nc2ccccc12. The molecule has 0 amide bonds. The Morgan fingerprint density at radius 3 is 2.89 bits per heavy atom. The van der Waals surface area contributed by atoms with E-state index in [1.165, 1.54) is 6.20 Å². The molecule has 0 aliphatic heterocycles. The molecule has 0 aliphatic carbocycles. The van der Waals surface area contributed by atoms with Crippen LogP contribution in [0.4, 0.5) is 0 Å². The number of H-pyrrole nitrogens is 1. The van der Waals surface area contributed by atoms with E-state index in [1.807, 2.05) is 37.3 Å². The lowest BCUT2D eigenvalue weighted by Crippen LogP contribution is -1.90. The van der Waals surface area contributed by atoms with Gasteiger partial charge in [-0.1, -0.05) is 18.2 Å². The van der Waals surface area contributed by atoms with Gasteiger partial charge >= 0.3 is 0 Å². The largest absolute Gasteiger partial charge is 0.334 e. The van der Waals surface area contributed by atoms with E-state index < -0.39 is 0 Å². The number of aromatic nitrogens is 3. The number of hydrogen-bond donors (Lipinski definition) is 1. The summed E-state index contributed by atoms with van der Waals surface area (Å²) in [5.41, 5.74) is 3.27. The number of aromatic amines is 1. The molecule has 4 heteroatoms. The smallest absolute Gasteiger partial charge is 0.167 e. The molecule has 3 rings (SSSR count). The van der Waals surface area contributed by atoms with Crippen molar-refractivity contribution in [3.8, 4) is 11.5 Å². The number of rotatable bonds is 2. The molecule has 0 saturated carbocycles. The van der Waals surface area contributed by atoms with Crippen LogP contribution >= 0.6 is 0 Å². The Bertz CT molecular complexity index is 731. The molecule has 0 saturated heterocycles. The van der Waals surface area contributed by atoms with Gasteiger partial charge in [-0.3, -0.25) is 4.79 Å². The molecule has 0 spiro atoms. The van der Waals surface area contributed by atoms with Crippen LogP contribution in [0.5, 0.6) is 0 Å². The average molecular weight is 237 g/mol. The van der Waals surface area contributed by atoms with Crippen molar-refractivity contribution in [3.63, 3.8) is 0 Å². The monoisotopic (exact) mass is 237 g/mol. The first-order valence-electron chi connectivity index (χ1n) is 5.65. The second kappa shape index (κ2) is 4.07. The zero-order chi connectivity index (χ0) is 12.5. The lowest BCUT2D eigenvalue weighted by molar-refractivity contribution is 0.111. The van der Waals surface area contributed by atoms with Crippen molar-refractivity contribution < 1.29 is 4.79 Å². The highest BCUT2D eigenvalue weighted by Crippen LogP contribution is 2.22. The molecule has 1 aromatic carbocycles. The molecule has 2 aromatic heterocycles. The number of pyridine rings is 1. The molecule has 1 N–H and O–H groups in total. The van der Waals surface area contributed by atoms with Gasteiger partial charge in [0.2, 0.25) is 0 Å². The molecule has 0 aliphatic rings. The Hall–Kier alpha value is -2.49. The fourth-order valence-corrected chi connectivity index (χ4v) is 2.00. The minimum atomic E-state index is 0.456. The highest BCUT2D eigenvalue weighted by atomic mass is 16.1. The van der Waals surface area contributed by atoms with E-state index in [9.17, 15) is 4.79 Å². The predicted molar refractivity (Wildman–Crippen MR) is 69.4 cm³/mol. The van der Waals surface area contributed by atoms with Gasteiger partial charge in [-0.2, -0.15) is 0 Å². The van der Waals surface area contributed by atoms with Crippen molar-refractivity contribution in [2.75, 3.05) is 0 Å². The highest BCUT2D eigenvalue weighted by Gasteiger charge is 2.07. The van der Waals surface area contributed by atoms with Crippen molar-refractivity contribution in [3.05, 3.63) is 47.8 Å². The number of imidazole rings is 1. The van der Waals surface area contributed by atoms with Crippen molar-refractivity contribution in [2.24, 2.45) is 0 Å². The molecule has 0 fully saturated rings. The number of fused-ring (bicyclic) bond motifs is 1. The molecule has 0 bridgehead atoms. The molecule has 88 valence electrons. The minimum Gasteiger partial charge on any atom is -0.334 e. The first-order valence-corrected chi connectivity index (χ1v) is 5.65. The summed E-state index contributed by atoms with van der Waals surface area (Å²) >= 11 is 0. The van der Waals surface area contributed by atoms with E-state index in [2.05, 4.69) is 15.0 Å². The van der Waals surface area contributed by atoms with Gasteiger partial charge in [0.1, 0.15) is 5.69 Å². The normalized spacial score (nSPS) is 10.7. The first-order chi connectivity index (χ1) is 8.78. The van der Waals surface area contributed by atoms with E-state index in [0.29, 0.717) is 11.5 Å². The van der Waals surface area contributed by atoms with Crippen LogP contribution in [-0.2, 0) is 0 Å². The van der Waals surface area contributed by atoms with E-state index >= 15 is 0 Å². The van der Waals surface area contributed by atoms with E-state index in [1.54, 1.807) is 0 Å². The maximum Gasteiger partial charge on any atom is 0.167 e. The lowest BCUT2D eigenvalue weighted by Gasteiger charge is -2.04. The zero-order valence-electron chi connectivity index (χ0n) is 9.84. The summed E-state index contributed by atoms with van der Waals surface area (Å²) < 4.78 is 0. The van der Waals surface area contributed by atoms with Crippen molar-refractivity contribution in [2.45, 2.75) is 6.92 Å². The van der Waals surface area contributed by atoms with Gasteiger partial charge in [-0.25, -0.2) is 9.97 Å². The number of hydrogen-bond acceptors (Lipinski definition) is 3. The summed E-state index contributed by atoms with van der Waals surface area (Å²) in [5.74, 6) is 0.617. The van der Waals surface area contributed by atoms with Crippen LogP contribution < -0.4 is 0 Å². The third-order valence-electron chi connectivity index (χ3n) is 2.89. The molecule has 2 heterocycles. The Morgan fingerprint density at radius 2 is 2.11 bits per heavy atom. The van der Waals surface area contributed by atoms with Gasteiger partial charge in [-0.05, 0) is 24.6 Å². The van der Waals surface area contributed by atoms with E-state index in [-0.39, 0.29) is 0 Å². The molecule has 0 atom stereocenters. The van der Waals surface area contributed by atoms with Crippen LogP contribution in [0.3, 0.4) is 0 Å². The van der Waals surface area contributed by atoms with Crippen molar-refractivity contribution >= 4 is 17.2 Å². The average Bonchev–Trinajstić information content (AvgIpc) is 2.87. The number of aldehydes is 1. The second-order valence-electron chi connectivity index (χ2n) is 4.15. The predicted octanol–water partition coefficient (Wildman–Crippen LogP) is 2.75. The maximum atomic E-state index is 10.6. The first kappa shape index (κ1) is 10.7. The number of nitrogens with one attached hydrogen (secondary N) is 1. The third kappa shape index (κ3) is 1.68. The topological polar surface area (TPSA) is 58.6 Å². The minimum absolute atomic E-state index is 0.456. The molecule has 3 aromatic rings. The van der Waals surface area contributed by atoms with Gasteiger partial charge < -0.3 is 4.98 Å². The highest BCUT2D eigenvalue weighted by molar-refractivity contribution is 5.84. The van der Waals surface area contributed by atoms with E-state index in [0.717, 1.165) is 28.4 Å². The number of aryl methyl sites for hydroxylation is 1. The van der Waals surface area contributed by atoms with Gasteiger partial charge in [0, 0.05) is 5.39 Å². The molecule has 4 nitrogen and oxygen atoms in total. The molecule has 18 heavy (non-hydrogen) atoms. The number of carbonyl (C=O) groups is 1. The van der Waals surface area contributed by atoms with Crippen molar-refractivity contribution in [1.82, 2.24) is 15.0 Å². The standard InChI is InChI=1S/C14H11N3O/c1-9-6-13(14-15-7-10(8-18)16-14)17-12-5-3-2-4-11(9)12/h2-8H,1H3,(H,15,16). The van der Waals surface area contributed by atoms with Gasteiger partial charge in [0.25, 0.3) is 0 Å². The molecule has 0 radical (unpaired) electrons. The summed E-state index contributed by atoms with van der Waals surface area (Å²) in [6.07, 6.45) is 2.25. The molecular weight excluding hydrogens is 226 g/mol. The van der Waals surface area contributed by atoms with Crippen LogP contribution in [-0.4, -0.2) is 21.2 Å². The Morgan fingerprint density at radius 1 is 1.28 bits per heavy atom. The lowest BCUT2D eigenvalue weighted by atomic mass is 10.1. The van der Waals surface area contributed by atoms with Gasteiger partial charge in [-0.15, -0.1) is 0 Å². The third-order valence-corrected chi connectivity index (χ3v) is 2.89. The number of nitrogens with zero attached hydrogens (tertiary/aromatic N) is 2. The summed E-state index contributed by atoms with van der Waals surface area (Å²) in [7, 11) is 0. The van der Waals surface area contributed by atoms with Gasteiger partial charge in [0.15, 0.2) is 12.1 Å². The Balaban J connectivity index is 2.20. The van der Waals surface area contributed by atoms with E-state index in [4.69, 9.17) is 0 Å². The second-order valence-corrected chi connectivity index (χ2v) is 4.15. The van der Waals surface area contributed by atoms with Crippen LogP contribution in [0.1, 0.15) is 16.1 Å². The quantitative estimate of drug-likeness (QED) is 0.697. The zero-order valence-corrected chi connectivity index (χ0v) is 9.84. The Kier molecular flexibility index (Phi) is 2.41. The fraction of sp³-hybridized carbons (Fsp3) is 0.0714. The van der Waals surface area contributed by atoms with Crippen LogP contribution in [0, 0.1) is 6.92 Å². The van der Waals surface area contributed by atoms with Gasteiger partial charge in [0.05, 0.1) is 17.4 Å². The summed E-state index contributed by atoms with van der Waals surface area (Å²) in [6, 6.07) is 9.93. The molecular formula is C14H11N3O. The van der Waals surface area contributed by atoms with Crippen molar-refractivity contribution in [1.29, 1.82) is 0 Å². The van der Waals surface area contributed by atoms with Crippen LogP contribution in [0.2, 0.25) is 0 Å². The maximum absolute atomic E-state index is 10.6. The number of carbonyl (C=O) groups excluding carboxylic acids is 1.